The fraction of sp³-hybridized carbons (Fsp3) is 0.0741. The first-order valence-corrected chi connectivity index (χ1v) is 10.7. The van der Waals surface area contributed by atoms with Crippen molar-refractivity contribution >= 4 is 28.4 Å². The number of allylic oxidation sites excluding steroid dienone is 5. The van der Waals surface area contributed by atoms with Crippen LogP contribution in [0.3, 0.4) is 0 Å². The molecule has 4 aromatic rings. The Morgan fingerprint density at radius 2 is 1.55 bits per heavy atom. The van der Waals surface area contributed by atoms with Crippen LogP contribution in [0.2, 0.25) is 5.28 Å². The summed E-state index contributed by atoms with van der Waals surface area (Å²) in [6.07, 6.45) is 12.0. The summed E-state index contributed by atoms with van der Waals surface area (Å²) in [5, 5.41) is 2.52. The van der Waals surface area contributed by atoms with Gasteiger partial charge in [-0.3, -0.25) is 0 Å². The van der Waals surface area contributed by atoms with Crippen molar-refractivity contribution in [3.8, 4) is 22.8 Å². The fourth-order valence-corrected chi connectivity index (χ4v) is 4.58. The van der Waals surface area contributed by atoms with Gasteiger partial charge in [-0.15, -0.1) is 0 Å². The maximum atomic E-state index is 6.31. The van der Waals surface area contributed by atoms with E-state index in [0.29, 0.717) is 17.6 Å². The Balaban J connectivity index is 1.42. The lowest BCUT2D eigenvalue weighted by atomic mass is 9.79. The van der Waals surface area contributed by atoms with Crippen molar-refractivity contribution < 1.29 is 0 Å². The second kappa shape index (κ2) is 7.29. The smallest absolute Gasteiger partial charge is 0.208 e. The van der Waals surface area contributed by atoms with Crippen molar-refractivity contribution in [2.45, 2.75) is 12.3 Å². The number of benzene rings is 3. The van der Waals surface area contributed by atoms with Gasteiger partial charge in [-0.1, -0.05) is 78.9 Å². The van der Waals surface area contributed by atoms with Gasteiger partial charge in [0, 0.05) is 17.0 Å². The average molecular weight is 420 g/mol. The lowest BCUT2D eigenvalue weighted by molar-refractivity contribution is 0.811. The third-order valence-electron chi connectivity index (χ3n) is 5.99. The van der Waals surface area contributed by atoms with Crippen LogP contribution in [0.15, 0.2) is 90.5 Å². The molecule has 2 aliphatic carbocycles. The molecule has 2 aliphatic rings. The molecule has 6 rings (SSSR count). The van der Waals surface area contributed by atoms with E-state index in [9.17, 15) is 0 Å². The van der Waals surface area contributed by atoms with Gasteiger partial charge in [0.05, 0.1) is 0 Å². The van der Waals surface area contributed by atoms with E-state index in [4.69, 9.17) is 16.6 Å². The van der Waals surface area contributed by atoms with E-state index in [1.807, 2.05) is 18.2 Å². The standard InChI is InChI=1S/C27H18ClN3/c28-27-30-25(21-12-9-17-5-1-2-7-19(17)15-21)29-26(31-27)22-13-14-24-20(16-22)11-10-18-6-3-4-8-23(18)24/h1-7,9-16,23H,8H2. The highest BCUT2D eigenvalue weighted by Gasteiger charge is 2.22. The normalized spacial score (nSPS) is 16.7. The Hall–Kier alpha value is -3.56. The van der Waals surface area contributed by atoms with Crippen LogP contribution < -0.4 is 0 Å². The van der Waals surface area contributed by atoms with E-state index in [1.54, 1.807) is 0 Å². The monoisotopic (exact) mass is 419 g/mol. The van der Waals surface area contributed by atoms with Gasteiger partial charge in [0.1, 0.15) is 0 Å². The van der Waals surface area contributed by atoms with E-state index in [0.717, 1.165) is 22.9 Å². The van der Waals surface area contributed by atoms with Gasteiger partial charge in [-0.05, 0) is 57.6 Å². The molecular weight excluding hydrogens is 402 g/mol. The minimum Gasteiger partial charge on any atom is -0.208 e. The molecule has 1 unspecified atom stereocenters. The van der Waals surface area contributed by atoms with Gasteiger partial charge in [-0.2, -0.15) is 9.97 Å². The van der Waals surface area contributed by atoms with Crippen LogP contribution in [-0.2, 0) is 0 Å². The Labute approximate surface area is 185 Å². The zero-order valence-electron chi connectivity index (χ0n) is 16.7. The lowest BCUT2D eigenvalue weighted by Gasteiger charge is -2.25. The maximum Gasteiger partial charge on any atom is 0.226 e. The minimum atomic E-state index is 0.198. The minimum absolute atomic E-state index is 0.198. The summed E-state index contributed by atoms with van der Waals surface area (Å²) in [4.78, 5) is 13.6. The first-order valence-electron chi connectivity index (χ1n) is 10.3. The molecule has 0 saturated heterocycles. The summed E-state index contributed by atoms with van der Waals surface area (Å²) in [6, 6.07) is 20.9. The second-order valence-electron chi connectivity index (χ2n) is 7.87. The molecule has 3 nitrogen and oxygen atoms in total. The first kappa shape index (κ1) is 18.2. The highest BCUT2D eigenvalue weighted by Crippen LogP contribution is 2.39. The number of halogens is 1. The van der Waals surface area contributed by atoms with E-state index in [1.165, 1.54) is 22.1 Å². The maximum absolute atomic E-state index is 6.31. The molecule has 0 aliphatic heterocycles. The first-order chi connectivity index (χ1) is 15.2. The molecule has 148 valence electrons. The molecule has 0 spiro atoms. The Morgan fingerprint density at radius 1 is 0.774 bits per heavy atom. The lowest BCUT2D eigenvalue weighted by Crippen LogP contribution is -2.08. The van der Waals surface area contributed by atoms with E-state index in [-0.39, 0.29) is 5.28 Å². The molecule has 1 aromatic heterocycles. The molecule has 0 radical (unpaired) electrons. The predicted molar refractivity (Wildman–Crippen MR) is 127 cm³/mol. The number of rotatable bonds is 2. The molecule has 0 bridgehead atoms. The fourth-order valence-electron chi connectivity index (χ4n) is 4.42. The van der Waals surface area contributed by atoms with Gasteiger partial charge in [0.2, 0.25) is 5.28 Å². The van der Waals surface area contributed by atoms with Crippen LogP contribution in [0.4, 0.5) is 0 Å². The average Bonchev–Trinajstić information content (AvgIpc) is 2.83. The molecule has 0 amide bonds. The van der Waals surface area contributed by atoms with Gasteiger partial charge < -0.3 is 0 Å². The molecule has 1 atom stereocenters. The SMILES string of the molecule is Clc1nc(-c2ccc3c(c2)C=CC2=CC=CCC23)nc(-c2ccc3ccccc3c2)n1. The van der Waals surface area contributed by atoms with E-state index in [2.05, 4.69) is 82.8 Å². The van der Waals surface area contributed by atoms with E-state index >= 15 is 0 Å². The number of aromatic nitrogens is 3. The summed E-state index contributed by atoms with van der Waals surface area (Å²) in [5.41, 5.74) is 5.78. The van der Waals surface area contributed by atoms with Crippen molar-refractivity contribution in [3.63, 3.8) is 0 Å². The number of fused-ring (bicyclic) bond motifs is 4. The second-order valence-corrected chi connectivity index (χ2v) is 8.21. The summed E-state index contributed by atoms with van der Waals surface area (Å²) >= 11 is 6.31. The molecule has 0 N–H and O–H groups in total. The summed E-state index contributed by atoms with van der Waals surface area (Å²) in [7, 11) is 0. The van der Waals surface area contributed by atoms with Gasteiger partial charge >= 0.3 is 0 Å². The Morgan fingerprint density at radius 3 is 2.42 bits per heavy atom. The Kier molecular flexibility index (Phi) is 4.29. The summed E-state index contributed by atoms with van der Waals surface area (Å²) < 4.78 is 0. The molecule has 4 heteroatoms. The van der Waals surface area contributed by atoms with Crippen LogP contribution in [0, 0.1) is 0 Å². The third-order valence-corrected chi connectivity index (χ3v) is 6.16. The highest BCUT2D eigenvalue weighted by atomic mass is 35.5. The van der Waals surface area contributed by atoms with Crippen LogP contribution in [0.5, 0.6) is 0 Å². The Bertz CT molecular complexity index is 1430. The van der Waals surface area contributed by atoms with Gasteiger partial charge in [0.25, 0.3) is 0 Å². The van der Waals surface area contributed by atoms with E-state index < -0.39 is 0 Å². The third kappa shape index (κ3) is 3.28. The molecule has 1 heterocycles. The van der Waals surface area contributed by atoms with Crippen molar-refractivity contribution in [1.29, 1.82) is 0 Å². The van der Waals surface area contributed by atoms with Gasteiger partial charge in [0.15, 0.2) is 11.6 Å². The number of hydrogen-bond donors (Lipinski definition) is 0. The van der Waals surface area contributed by atoms with Crippen LogP contribution >= 0.6 is 11.6 Å². The molecule has 31 heavy (non-hydrogen) atoms. The van der Waals surface area contributed by atoms with Crippen LogP contribution in [0.25, 0.3) is 39.6 Å². The number of hydrogen-bond acceptors (Lipinski definition) is 3. The largest absolute Gasteiger partial charge is 0.226 e. The van der Waals surface area contributed by atoms with Gasteiger partial charge in [-0.25, -0.2) is 4.98 Å². The van der Waals surface area contributed by atoms with Crippen LogP contribution in [0.1, 0.15) is 23.5 Å². The quantitative estimate of drug-likeness (QED) is 0.350. The zero-order valence-corrected chi connectivity index (χ0v) is 17.4. The van der Waals surface area contributed by atoms with Crippen molar-refractivity contribution in [1.82, 2.24) is 15.0 Å². The molecule has 3 aromatic carbocycles. The summed E-state index contributed by atoms with van der Waals surface area (Å²) in [5.74, 6) is 1.59. The van der Waals surface area contributed by atoms with Crippen molar-refractivity contribution in [2.24, 2.45) is 0 Å². The highest BCUT2D eigenvalue weighted by molar-refractivity contribution is 6.28. The molecule has 0 saturated carbocycles. The molecular formula is C27H18ClN3. The predicted octanol–water partition coefficient (Wildman–Crippen LogP) is 7.01. The zero-order chi connectivity index (χ0) is 20.8. The number of nitrogens with zero attached hydrogens (tertiary/aromatic N) is 3. The van der Waals surface area contributed by atoms with Crippen molar-refractivity contribution in [2.75, 3.05) is 0 Å². The topological polar surface area (TPSA) is 38.7 Å². The molecule has 0 fully saturated rings. The van der Waals surface area contributed by atoms with Crippen molar-refractivity contribution in [3.05, 3.63) is 107 Å². The van der Waals surface area contributed by atoms with Crippen LogP contribution in [-0.4, -0.2) is 15.0 Å². The summed E-state index contributed by atoms with van der Waals surface area (Å²) in [6.45, 7) is 0.